The summed E-state index contributed by atoms with van der Waals surface area (Å²) in [7, 11) is 0. The number of rotatable bonds is 5. The molecule has 3 N–H and O–H groups in total. The van der Waals surface area contributed by atoms with Gasteiger partial charge in [-0.25, -0.2) is 4.68 Å². The Kier molecular flexibility index (Phi) is 5.21. The minimum atomic E-state index is -0.742. The van der Waals surface area contributed by atoms with Crippen LogP contribution in [0.25, 0.3) is 11.5 Å². The Morgan fingerprint density at radius 1 is 1.44 bits per heavy atom. The van der Waals surface area contributed by atoms with Gasteiger partial charge in [-0.2, -0.15) is 5.10 Å². The summed E-state index contributed by atoms with van der Waals surface area (Å²) in [6, 6.07) is 4.17. The first-order valence-electron chi connectivity index (χ1n) is 8.77. The highest BCUT2D eigenvalue weighted by molar-refractivity contribution is 5.79. The van der Waals surface area contributed by atoms with Crippen LogP contribution in [-0.2, 0) is 4.79 Å². The molecule has 7 heteroatoms. The molecule has 1 aliphatic rings. The largest absolute Gasteiger partial charge is 0.463 e. The highest BCUT2D eigenvalue weighted by Crippen LogP contribution is 2.23. The number of hydrogen-bond donors (Lipinski definition) is 2. The van der Waals surface area contributed by atoms with Crippen LogP contribution in [0, 0.1) is 5.92 Å². The highest BCUT2D eigenvalue weighted by Gasteiger charge is 2.21. The number of nitrogens with two attached hydrogens (primary N) is 1. The number of hydrogen-bond acceptors (Lipinski definition) is 5. The Hall–Kier alpha value is -2.57. The summed E-state index contributed by atoms with van der Waals surface area (Å²) in [6.45, 7) is 2.29. The molecule has 0 unspecified atom stereocenters. The standard InChI is InChI=1S/C18H24N4O3/c1-12(17(23)20-11-13-6-3-2-4-7-13)22-18(24)14(19)10-15(21-22)16-8-5-9-25-16/h5,8-10,12-13H,2-4,6-7,11,19H2,1H3,(H,20,23)/t12-/m0/s1. The normalized spacial score (nSPS) is 16.5. The third kappa shape index (κ3) is 3.92. The van der Waals surface area contributed by atoms with E-state index < -0.39 is 11.6 Å². The van der Waals surface area contributed by atoms with E-state index in [9.17, 15) is 9.59 Å². The van der Waals surface area contributed by atoms with Crippen molar-refractivity contribution in [2.75, 3.05) is 12.3 Å². The van der Waals surface area contributed by atoms with E-state index in [0.717, 1.165) is 17.5 Å². The molecule has 25 heavy (non-hydrogen) atoms. The minimum Gasteiger partial charge on any atom is -0.463 e. The van der Waals surface area contributed by atoms with E-state index in [-0.39, 0.29) is 11.6 Å². The van der Waals surface area contributed by atoms with Gasteiger partial charge in [0, 0.05) is 6.54 Å². The molecule has 1 aliphatic carbocycles. The lowest BCUT2D eigenvalue weighted by Crippen LogP contribution is -2.39. The highest BCUT2D eigenvalue weighted by atomic mass is 16.3. The molecule has 2 aromatic rings. The summed E-state index contributed by atoms with van der Waals surface area (Å²) in [5.74, 6) is 0.792. The molecular weight excluding hydrogens is 320 g/mol. The van der Waals surface area contributed by atoms with Crippen LogP contribution in [0.3, 0.4) is 0 Å². The number of carbonyl (C=O) groups is 1. The summed E-state index contributed by atoms with van der Waals surface area (Å²) >= 11 is 0. The fourth-order valence-electron chi connectivity index (χ4n) is 3.23. The molecule has 134 valence electrons. The van der Waals surface area contributed by atoms with Gasteiger partial charge < -0.3 is 15.5 Å². The predicted molar refractivity (Wildman–Crippen MR) is 94.9 cm³/mol. The molecule has 2 heterocycles. The fourth-order valence-corrected chi connectivity index (χ4v) is 3.23. The Bertz CT molecular complexity index is 776. The maximum Gasteiger partial charge on any atom is 0.290 e. The van der Waals surface area contributed by atoms with Gasteiger partial charge in [0.05, 0.1) is 6.26 Å². The van der Waals surface area contributed by atoms with Crippen LogP contribution in [0.15, 0.2) is 33.7 Å². The topological polar surface area (TPSA) is 103 Å². The van der Waals surface area contributed by atoms with Crippen LogP contribution in [-0.4, -0.2) is 22.2 Å². The number of carbonyl (C=O) groups excluding carboxylic acids is 1. The van der Waals surface area contributed by atoms with Crippen LogP contribution >= 0.6 is 0 Å². The van der Waals surface area contributed by atoms with Gasteiger partial charge in [0.1, 0.15) is 17.4 Å². The van der Waals surface area contributed by atoms with Crippen LogP contribution in [0.1, 0.15) is 45.1 Å². The smallest absolute Gasteiger partial charge is 0.290 e. The average Bonchev–Trinajstić information content (AvgIpc) is 3.17. The zero-order valence-corrected chi connectivity index (χ0v) is 14.4. The number of aromatic nitrogens is 2. The third-order valence-corrected chi connectivity index (χ3v) is 4.77. The first-order chi connectivity index (χ1) is 12.1. The van der Waals surface area contributed by atoms with Crippen molar-refractivity contribution in [2.45, 2.75) is 45.1 Å². The number of anilines is 1. The predicted octanol–water partition coefficient (Wildman–Crippen LogP) is 2.34. The molecule has 1 amide bonds. The molecule has 1 fully saturated rings. The number of nitrogens with one attached hydrogen (secondary N) is 1. The van der Waals surface area contributed by atoms with Crippen molar-refractivity contribution >= 4 is 11.6 Å². The molecule has 3 rings (SSSR count). The number of furan rings is 1. The Labute approximate surface area is 146 Å². The molecule has 0 saturated heterocycles. The summed E-state index contributed by atoms with van der Waals surface area (Å²) < 4.78 is 6.43. The molecule has 0 aromatic carbocycles. The van der Waals surface area contributed by atoms with Crippen molar-refractivity contribution in [3.8, 4) is 11.5 Å². The van der Waals surface area contributed by atoms with E-state index in [1.54, 1.807) is 19.1 Å². The summed E-state index contributed by atoms with van der Waals surface area (Å²) in [5.41, 5.74) is 5.79. The first kappa shape index (κ1) is 17.3. The van der Waals surface area contributed by atoms with Gasteiger partial charge in [-0.1, -0.05) is 19.3 Å². The van der Waals surface area contributed by atoms with Gasteiger partial charge in [0.15, 0.2) is 5.76 Å². The van der Waals surface area contributed by atoms with Crippen LogP contribution < -0.4 is 16.6 Å². The Morgan fingerprint density at radius 2 is 2.20 bits per heavy atom. The maximum absolute atomic E-state index is 12.5. The minimum absolute atomic E-state index is 0.0355. The van der Waals surface area contributed by atoms with E-state index in [2.05, 4.69) is 10.4 Å². The summed E-state index contributed by atoms with van der Waals surface area (Å²) in [6.07, 6.45) is 7.53. The molecule has 1 atom stereocenters. The van der Waals surface area contributed by atoms with Crippen molar-refractivity contribution in [2.24, 2.45) is 5.92 Å². The van der Waals surface area contributed by atoms with Gasteiger partial charge in [0.25, 0.3) is 5.56 Å². The summed E-state index contributed by atoms with van der Waals surface area (Å²) in [4.78, 5) is 24.8. The molecule has 0 aliphatic heterocycles. The van der Waals surface area contributed by atoms with E-state index >= 15 is 0 Å². The van der Waals surface area contributed by atoms with Crippen molar-refractivity contribution in [3.05, 3.63) is 34.8 Å². The molecule has 1 saturated carbocycles. The first-order valence-corrected chi connectivity index (χ1v) is 8.77. The second-order valence-electron chi connectivity index (χ2n) is 6.64. The molecular formula is C18H24N4O3. The van der Waals surface area contributed by atoms with Crippen molar-refractivity contribution < 1.29 is 9.21 Å². The van der Waals surface area contributed by atoms with E-state index in [4.69, 9.17) is 10.2 Å². The Morgan fingerprint density at radius 3 is 2.88 bits per heavy atom. The summed E-state index contributed by atoms with van der Waals surface area (Å²) in [5, 5.41) is 7.21. The zero-order chi connectivity index (χ0) is 17.8. The number of amides is 1. The molecule has 2 aromatic heterocycles. The van der Waals surface area contributed by atoms with Gasteiger partial charge in [-0.15, -0.1) is 0 Å². The molecule has 7 nitrogen and oxygen atoms in total. The van der Waals surface area contributed by atoms with E-state index in [1.165, 1.54) is 31.6 Å². The lowest BCUT2D eigenvalue weighted by molar-refractivity contribution is -0.124. The van der Waals surface area contributed by atoms with E-state index in [0.29, 0.717) is 23.9 Å². The fraction of sp³-hybridized carbons (Fsp3) is 0.500. The third-order valence-electron chi connectivity index (χ3n) is 4.77. The lowest BCUT2D eigenvalue weighted by atomic mass is 9.89. The van der Waals surface area contributed by atoms with Gasteiger partial charge in [-0.3, -0.25) is 9.59 Å². The van der Waals surface area contributed by atoms with E-state index in [1.807, 2.05) is 0 Å². The number of nitrogen functional groups attached to an aromatic ring is 1. The molecule has 0 bridgehead atoms. The van der Waals surface area contributed by atoms with Crippen LogP contribution in [0.2, 0.25) is 0 Å². The van der Waals surface area contributed by atoms with Gasteiger partial charge in [0.2, 0.25) is 5.91 Å². The Balaban J connectivity index is 1.75. The quantitative estimate of drug-likeness (QED) is 0.866. The zero-order valence-electron chi connectivity index (χ0n) is 14.4. The van der Waals surface area contributed by atoms with Crippen molar-refractivity contribution in [1.29, 1.82) is 0 Å². The lowest BCUT2D eigenvalue weighted by Gasteiger charge is -2.23. The second kappa shape index (κ2) is 7.55. The van der Waals surface area contributed by atoms with Crippen LogP contribution in [0.4, 0.5) is 5.69 Å². The van der Waals surface area contributed by atoms with Crippen molar-refractivity contribution in [1.82, 2.24) is 15.1 Å². The SMILES string of the molecule is C[C@@H](C(=O)NCC1CCCCC1)n1nc(-c2ccco2)cc(N)c1=O. The maximum atomic E-state index is 12.5. The van der Waals surface area contributed by atoms with Gasteiger partial charge >= 0.3 is 0 Å². The number of nitrogens with zero attached hydrogens (tertiary/aromatic N) is 2. The molecule has 0 radical (unpaired) electrons. The second-order valence-corrected chi connectivity index (χ2v) is 6.64. The van der Waals surface area contributed by atoms with Gasteiger partial charge in [-0.05, 0) is 43.9 Å². The van der Waals surface area contributed by atoms with Crippen LogP contribution in [0.5, 0.6) is 0 Å². The monoisotopic (exact) mass is 344 g/mol. The average molecular weight is 344 g/mol. The van der Waals surface area contributed by atoms with Crippen molar-refractivity contribution in [3.63, 3.8) is 0 Å². The molecule has 0 spiro atoms.